The number of ketones is 1. The zero-order valence-electron chi connectivity index (χ0n) is 10.9. The Labute approximate surface area is 125 Å². The number of hydrogen-bond donors (Lipinski definition) is 1. The third-order valence-electron chi connectivity index (χ3n) is 2.66. The highest BCUT2D eigenvalue weighted by atomic mass is 79.9. The molecule has 0 amide bonds. The second-order valence-electron chi connectivity index (χ2n) is 4.33. The molecule has 0 aliphatic carbocycles. The van der Waals surface area contributed by atoms with Crippen molar-refractivity contribution >= 4 is 27.4 Å². The van der Waals surface area contributed by atoms with Crippen molar-refractivity contribution in [3.63, 3.8) is 0 Å². The van der Waals surface area contributed by atoms with E-state index in [4.69, 9.17) is 0 Å². The van der Waals surface area contributed by atoms with Gasteiger partial charge in [0.1, 0.15) is 5.82 Å². The molecule has 0 aliphatic heterocycles. The van der Waals surface area contributed by atoms with Crippen LogP contribution in [0.3, 0.4) is 0 Å². The highest BCUT2D eigenvalue weighted by Gasteiger charge is 2.03. The van der Waals surface area contributed by atoms with Gasteiger partial charge in [0, 0.05) is 27.5 Å². The molecule has 0 aliphatic rings. The zero-order valence-corrected chi connectivity index (χ0v) is 12.4. The van der Waals surface area contributed by atoms with E-state index in [1.807, 2.05) is 12.1 Å². The third kappa shape index (κ3) is 4.03. The van der Waals surface area contributed by atoms with E-state index in [2.05, 4.69) is 21.2 Å². The van der Waals surface area contributed by atoms with Gasteiger partial charge in [0.2, 0.25) is 0 Å². The summed E-state index contributed by atoms with van der Waals surface area (Å²) in [6.45, 7) is 1.79. The predicted molar refractivity (Wildman–Crippen MR) is 82.3 cm³/mol. The van der Waals surface area contributed by atoms with Gasteiger partial charge in [-0.25, -0.2) is 4.39 Å². The van der Waals surface area contributed by atoms with Crippen LogP contribution in [0.4, 0.5) is 10.1 Å². The first-order valence-electron chi connectivity index (χ1n) is 6.05. The second kappa shape index (κ2) is 6.48. The third-order valence-corrected chi connectivity index (χ3v) is 3.19. The van der Waals surface area contributed by atoms with Gasteiger partial charge in [-0.1, -0.05) is 15.9 Å². The molecule has 0 saturated heterocycles. The van der Waals surface area contributed by atoms with E-state index in [1.165, 1.54) is 18.2 Å². The second-order valence-corrected chi connectivity index (χ2v) is 5.25. The number of halogens is 2. The molecule has 0 saturated carbocycles. The van der Waals surface area contributed by atoms with E-state index >= 15 is 0 Å². The van der Waals surface area contributed by atoms with Crippen molar-refractivity contribution in [1.82, 2.24) is 0 Å². The quantitative estimate of drug-likeness (QED) is 0.644. The Kier molecular flexibility index (Phi) is 4.69. The maximum absolute atomic E-state index is 12.8. The van der Waals surface area contributed by atoms with Gasteiger partial charge in [0.25, 0.3) is 0 Å². The van der Waals surface area contributed by atoms with Crippen molar-refractivity contribution in [3.05, 3.63) is 76.2 Å². The molecular weight excluding hydrogens is 321 g/mol. The summed E-state index contributed by atoms with van der Waals surface area (Å²) in [5.41, 5.74) is 2.06. The van der Waals surface area contributed by atoms with Crippen molar-refractivity contribution in [2.45, 2.75) is 6.92 Å². The molecule has 2 aromatic rings. The van der Waals surface area contributed by atoms with Crippen LogP contribution in [0, 0.1) is 5.82 Å². The fourth-order valence-corrected chi connectivity index (χ4v) is 1.96. The minimum atomic E-state index is -0.289. The average Bonchev–Trinajstić information content (AvgIpc) is 2.42. The fourth-order valence-electron chi connectivity index (χ4n) is 1.69. The Morgan fingerprint density at radius 3 is 2.30 bits per heavy atom. The van der Waals surface area contributed by atoms with Crippen LogP contribution in [0.25, 0.3) is 0 Å². The first-order chi connectivity index (χ1) is 9.54. The molecule has 2 rings (SSSR count). The number of carbonyl (C=O) groups is 1. The van der Waals surface area contributed by atoms with Gasteiger partial charge < -0.3 is 5.32 Å². The van der Waals surface area contributed by atoms with Crippen LogP contribution in [-0.2, 0) is 0 Å². The lowest BCUT2D eigenvalue weighted by Crippen LogP contribution is -2.01. The molecule has 102 valence electrons. The van der Waals surface area contributed by atoms with Gasteiger partial charge in [0.05, 0.1) is 0 Å². The summed E-state index contributed by atoms with van der Waals surface area (Å²) in [6.07, 6.45) is 1.52. The monoisotopic (exact) mass is 333 g/mol. The topological polar surface area (TPSA) is 29.1 Å². The average molecular weight is 334 g/mol. The molecule has 1 N–H and O–H groups in total. The van der Waals surface area contributed by atoms with E-state index < -0.39 is 0 Å². The lowest BCUT2D eigenvalue weighted by Gasteiger charge is -2.06. The lowest BCUT2D eigenvalue weighted by molar-refractivity contribution is 0.104. The molecule has 0 radical (unpaired) electrons. The van der Waals surface area contributed by atoms with Crippen LogP contribution in [0.5, 0.6) is 0 Å². The molecule has 0 aromatic heterocycles. The Bertz CT molecular complexity index is 633. The molecule has 0 atom stereocenters. The van der Waals surface area contributed by atoms with Gasteiger partial charge in [-0.2, -0.15) is 0 Å². The van der Waals surface area contributed by atoms with E-state index in [1.54, 1.807) is 31.2 Å². The molecule has 2 aromatic carbocycles. The number of carbonyl (C=O) groups excluding carboxylic acids is 1. The zero-order chi connectivity index (χ0) is 14.5. The minimum absolute atomic E-state index is 0.0791. The molecule has 20 heavy (non-hydrogen) atoms. The maximum Gasteiger partial charge on any atom is 0.187 e. The first kappa shape index (κ1) is 14.5. The number of nitrogens with one attached hydrogen (secondary N) is 1. The highest BCUT2D eigenvalue weighted by molar-refractivity contribution is 9.10. The Morgan fingerprint density at radius 2 is 1.70 bits per heavy atom. The van der Waals surface area contributed by atoms with Crippen molar-refractivity contribution < 1.29 is 9.18 Å². The number of rotatable bonds is 4. The largest absolute Gasteiger partial charge is 0.359 e. The van der Waals surface area contributed by atoms with Crippen LogP contribution < -0.4 is 5.32 Å². The van der Waals surface area contributed by atoms with Crippen molar-refractivity contribution in [2.75, 3.05) is 5.32 Å². The smallest absolute Gasteiger partial charge is 0.187 e. The molecule has 0 unspecified atom stereocenters. The van der Waals surface area contributed by atoms with Crippen LogP contribution in [0.15, 0.2) is 64.8 Å². The van der Waals surface area contributed by atoms with Crippen molar-refractivity contribution in [1.29, 1.82) is 0 Å². The van der Waals surface area contributed by atoms with Crippen LogP contribution >= 0.6 is 15.9 Å². The molecule has 0 heterocycles. The van der Waals surface area contributed by atoms with Crippen LogP contribution in [-0.4, -0.2) is 5.78 Å². The van der Waals surface area contributed by atoms with Crippen LogP contribution in [0.1, 0.15) is 17.3 Å². The summed E-state index contributed by atoms with van der Waals surface area (Å²) in [5.74, 6) is -0.368. The molecule has 4 heteroatoms. The molecule has 0 spiro atoms. The SMILES string of the molecule is CC(=CC(=O)c1ccc(Br)cc1)Nc1ccc(F)cc1. The minimum Gasteiger partial charge on any atom is -0.359 e. The van der Waals surface area contributed by atoms with Gasteiger partial charge in [0.15, 0.2) is 5.78 Å². The van der Waals surface area contributed by atoms with Gasteiger partial charge in [-0.05, 0) is 55.5 Å². The molecule has 0 bridgehead atoms. The standard InChI is InChI=1S/C16H13BrFNO/c1-11(19-15-8-6-14(18)7-9-15)10-16(20)12-2-4-13(17)5-3-12/h2-10,19H,1H3. The first-order valence-corrected chi connectivity index (χ1v) is 6.85. The van der Waals surface area contributed by atoms with Crippen LogP contribution in [0.2, 0.25) is 0 Å². The Hall–Kier alpha value is -1.94. The fraction of sp³-hybridized carbons (Fsp3) is 0.0625. The van der Waals surface area contributed by atoms with Gasteiger partial charge >= 0.3 is 0 Å². The molecule has 2 nitrogen and oxygen atoms in total. The summed E-state index contributed by atoms with van der Waals surface area (Å²) in [5, 5.41) is 3.05. The number of hydrogen-bond acceptors (Lipinski definition) is 2. The predicted octanol–water partition coefficient (Wildman–Crippen LogP) is 4.79. The summed E-state index contributed by atoms with van der Waals surface area (Å²) in [6, 6.07) is 13.1. The van der Waals surface area contributed by atoms with E-state index in [0.717, 1.165) is 10.2 Å². The van der Waals surface area contributed by atoms with E-state index in [9.17, 15) is 9.18 Å². The number of anilines is 1. The summed E-state index contributed by atoms with van der Waals surface area (Å²) in [7, 11) is 0. The highest BCUT2D eigenvalue weighted by Crippen LogP contribution is 2.14. The van der Waals surface area contributed by atoms with Crippen molar-refractivity contribution in [2.24, 2.45) is 0 Å². The molecule has 0 fully saturated rings. The Morgan fingerprint density at radius 1 is 1.10 bits per heavy atom. The van der Waals surface area contributed by atoms with Gasteiger partial charge in [-0.15, -0.1) is 0 Å². The number of benzene rings is 2. The van der Waals surface area contributed by atoms with Crippen molar-refractivity contribution in [3.8, 4) is 0 Å². The van der Waals surface area contributed by atoms with E-state index in [0.29, 0.717) is 11.3 Å². The summed E-state index contributed by atoms with van der Waals surface area (Å²) in [4.78, 5) is 12.0. The normalized spacial score (nSPS) is 11.2. The number of allylic oxidation sites excluding steroid dienone is 2. The maximum atomic E-state index is 12.8. The lowest BCUT2D eigenvalue weighted by atomic mass is 10.1. The Balaban J connectivity index is 2.07. The molecular formula is C16H13BrFNO. The summed E-state index contributed by atoms with van der Waals surface area (Å²) >= 11 is 3.33. The van der Waals surface area contributed by atoms with E-state index in [-0.39, 0.29) is 11.6 Å². The summed E-state index contributed by atoms with van der Waals surface area (Å²) < 4.78 is 13.7. The van der Waals surface area contributed by atoms with Gasteiger partial charge in [-0.3, -0.25) is 4.79 Å².